The van der Waals surface area contributed by atoms with E-state index in [1.807, 2.05) is 0 Å². The number of aryl methyl sites for hydroxylation is 1. The first-order valence-electron chi connectivity index (χ1n) is 6.21. The molecule has 2 nitrogen and oxygen atoms in total. The Hall–Kier alpha value is -0.860. The quantitative estimate of drug-likeness (QED) is 0.848. The van der Waals surface area contributed by atoms with E-state index in [1.54, 1.807) is 0 Å². The summed E-state index contributed by atoms with van der Waals surface area (Å²) < 4.78 is 5.49. The molecule has 0 radical (unpaired) electrons. The number of benzene rings is 1. The average Bonchev–Trinajstić information content (AvgIpc) is 2.31. The van der Waals surface area contributed by atoms with Crippen LogP contribution in [0.2, 0.25) is 0 Å². The van der Waals surface area contributed by atoms with E-state index >= 15 is 0 Å². The van der Waals surface area contributed by atoms with Crippen molar-refractivity contribution in [2.45, 2.75) is 38.1 Å². The molecular formula is C14H21NO. The minimum Gasteiger partial charge on any atom is -0.379 e. The molecule has 16 heavy (non-hydrogen) atoms. The minimum absolute atomic E-state index is 0.261. The second-order valence-electron chi connectivity index (χ2n) is 4.76. The molecule has 1 aromatic carbocycles. The Morgan fingerprint density at radius 2 is 2.06 bits per heavy atom. The smallest absolute Gasteiger partial charge is 0.0688 e. The number of hydrogen-bond donors (Lipinski definition) is 1. The summed E-state index contributed by atoms with van der Waals surface area (Å²) in [6, 6.07) is 8.73. The Morgan fingerprint density at radius 3 is 2.62 bits per heavy atom. The van der Waals surface area contributed by atoms with Crippen LogP contribution < -0.4 is 5.73 Å². The summed E-state index contributed by atoms with van der Waals surface area (Å²) in [5, 5.41) is 0. The van der Waals surface area contributed by atoms with Gasteiger partial charge in [-0.3, -0.25) is 0 Å². The highest BCUT2D eigenvalue weighted by Crippen LogP contribution is 2.27. The van der Waals surface area contributed by atoms with E-state index in [-0.39, 0.29) is 5.54 Å². The van der Waals surface area contributed by atoms with E-state index in [0.717, 1.165) is 25.9 Å². The topological polar surface area (TPSA) is 35.2 Å². The van der Waals surface area contributed by atoms with Gasteiger partial charge in [0.1, 0.15) is 0 Å². The fraction of sp³-hybridized carbons (Fsp3) is 0.571. The molecule has 1 atom stereocenters. The normalized spacial score (nSPS) is 25.6. The van der Waals surface area contributed by atoms with Gasteiger partial charge in [0.25, 0.3) is 0 Å². The second kappa shape index (κ2) is 4.98. The van der Waals surface area contributed by atoms with Crippen LogP contribution in [-0.2, 0) is 16.7 Å². The van der Waals surface area contributed by atoms with Crippen molar-refractivity contribution < 1.29 is 4.74 Å². The third-order valence-electron chi connectivity index (χ3n) is 3.34. The Balaban J connectivity index is 2.13. The number of ether oxygens (including phenoxy) is 1. The van der Waals surface area contributed by atoms with E-state index in [4.69, 9.17) is 10.5 Å². The SMILES string of the molecule is CCCc1ccc(C2(N)CCCOC2)cc1. The molecule has 1 heterocycles. The predicted octanol–water partition coefficient (Wildman–Crippen LogP) is 2.60. The zero-order chi connectivity index (χ0) is 11.4. The summed E-state index contributed by atoms with van der Waals surface area (Å²) in [5.41, 5.74) is 8.73. The Kier molecular flexibility index (Phi) is 3.62. The molecule has 0 aliphatic carbocycles. The van der Waals surface area contributed by atoms with Gasteiger partial charge in [0, 0.05) is 6.61 Å². The lowest BCUT2D eigenvalue weighted by Crippen LogP contribution is -2.44. The molecule has 2 N–H and O–H groups in total. The van der Waals surface area contributed by atoms with E-state index < -0.39 is 0 Å². The highest BCUT2D eigenvalue weighted by atomic mass is 16.5. The summed E-state index contributed by atoms with van der Waals surface area (Å²) in [7, 11) is 0. The van der Waals surface area contributed by atoms with Crippen LogP contribution >= 0.6 is 0 Å². The maximum atomic E-state index is 6.38. The number of hydrogen-bond acceptors (Lipinski definition) is 2. The lowest BCUT2D eigenvalue weighted by atomic mass is 9.85. The van der Waals surface area contributed by atoms with Crippen LogP contribution in [0.15, 0.2) is 24.3 Å². The van der Waals surface area contributed by atoms with Crippen LogP contribution in [0.25, 0.3) is 0 Å². The Labute approximate surface area is 97.8 Å². The van der Waals surface area contributed by atoms with Crippen molar-refractivity contribution in [1.82, 2.24) is 0 Å². The number of nitrogens with two attached hydrogens (primary N) is 1. The van der Waals surface area contributed by atoms with Crippen molar-refractivity contribution in [2.24, 2.45) is 5.73 Å². The standard InChI is InChI=1S/C14H21NO/c1-2-4-12-5-7-13(8-6-12)14(15)9-3-10-16-11-14/h5-8H,2-4,9-11,15H2,1H3. The lowest BCUT2D eigenvalue weighted by Gasteiger charge is -2.33. The number of rotatable bonds is 3. The summed E-state index contributed by atoms with van der Waals surface area (Å²) in [6.07, 6.45) is 4.43. The molecule has 0 aromatic heterocycles. The molecule has 1 unspecified atom stereocenters. The van der Waals surface area contributed by atoms with Crippen LogP contribution in [0.5, 0.6) is 0 Å². The zero-order valence-electron chi connectivity index (χ0n) is 10.0. The maximum Gasteiger partial charge on any atom is 0.0688 e. The second-order valence-corrected chi connectivity index (χ2v) is 4.76. The zero-order valence-corrected chi connectivity index (χ0v) is 10.0. The highest BCUT2D eigenvalue weighted by molar-refractivity contribution is 5.29. The molecule has 0 bridgehead atoms. The first-order valence-corrected chi connectivity index (χ1v) is 6.21. The molecule has 1 saturated heterocycles. The Bertz CT molecular complexity index is 325. The first-order chi connectivity index (χ1) is 7.74. The van der Waals surface area contributed by atoms with E-state index in [0.29, 0.717) is 6.61 Å². The van der Waals surface area contributed by atoms with E-state index in [2.05, 4.69) is 31.2 Å². The molecule has 1 aromatic rings. The molecule has 0 saturated carbocycles. The van der Waals surface area contributed by atoms with E-state index in [9.17, 15) is 0 Å². The van der Waals surface area contributed by atoms with E-state index in [1.165, 1.54) is 17.5 Å². The van der Waals surface area contributed by atoms with Crippen molar-refractivity contribution in [3.05, 3.63) is 35.4 Å². The average molecular weight is 219 g/mol. The van der Waals surface area contributed by atoms with Crippen LogP contribution in [0.1, 0.15) is 37.3 Å². The van der Waals surface area contributed by atoms with Crippen molar-refractivity contribution in [1.29, 1.82) is 0 Å². The van der Waals surface area contributed by atoms with Crippen molar-refractivity contribution in [2.75, 3.05) is 13.2 Å². The maximum absolute atomic E-state index is 6.38. The van der Waals surface area contributed by atoms with Gasteiger partial charge in [0.15, 0.2) is 0 Å². The van der Waals surface area contributed by atoms with Gasteiger partial charge in [-0.25, -0.2) is 0 Å². The summed E-state index contributed by atoms with van der Waals surface area (Å²) in [6.45, 7) is 3.71. The van der Waals surface area contributed by atoms with Crippen molar-refractivity contribution in [3.8, 4) is 0 Å². The van der Waals surface area contributed by atoms with Gasteiger partial charge in [-0.2, -0.15) is 0 Å². The van der Waals surface area contributed by atoms with Crippen LogP contribution in [0, 0.1) is 0 Å². The van der Waals surface area contributed by atoms with Gasteiger partial charge in [-0.05, 0) is 30.4 Å². The third-order valence-corrected chi connectivity index (χ3v) is 3.34. The monoisotopic (exact) mass is 219 g/mol. The van der Waals surface area contributed by atoms with Crippen LogP contribution in [0.3, 0.4) is 0 Å². The van der Waals surface area contributed by atoms with Gasteiger partial charge in [0.05, 0.1) is 12.1 Å². The van der Waals surface area contributed by atoms with Crippen molar-refractivity contribution >= 4 is 0 Å². The molecule has 88 valence electrons. The first kappa shape index (κ1) is 11.6. The largest absolute Gasteiger partial charge is 0.379 e. The molecule has 1 aliphatic heterocycles. The molecule has 0 amide bonds. The lowest BCUT2D eigenvalue weighted by molar-refractivity contribution is 0.0367. The molecule has 2 heteroatoms. The highest BCUT2D eigenvalue weighted by Gasteiger charge is 2.29. The third kappa shape index (κ3) is 2.45. The van der Waals surface area contributed by atoms with Gasteiger partial charge in [-0.15, -0.1) is 0 Å². The summed E-state index contributed by atoms with van der Waals surface area (Å²) in [5.74, 6) is 0. The molecule has 2 rings (SSSR count). The molecule has 1 aliphatic rings. The minimum atomic E-state index is -0.261. The molecule has 1 fully saturated rings. The predicted molar refractivity (Wildman–Crippen MR) is 66.4 cm³/mol. The fourth-order valence-corrected chi connectivity index (χ4v) is 2.34. The molecule has 0 spiro atoms. The summed E-state index contributed by atoms with van der Waals surface area (Å²) in [4.78, 5) is 0. The van der Waals surface area contributed by atoms with Crippen LogP contribution in [0.4, 0.5) is 0 Å². The fourth-order valence-electron chi connectivity index (χ4n) is 2.34. The van der Waals surface area contributed by atoms with Gasteiger partial charge in [0.2, 0.25) is 0 Å². The van der Waals surface area contributed by atoms with Gasteiger partial charge >= 0.3 is 0 Å². The summed E-state index contributed by atoms with van der Waals surface area (Å²) >= 11 is 0. The molecular weight excluding hydrogens is 198 g/mol. The van der Waals surface area contributed by atoms with Gasteiger partial charge in [-0.1, -0.05) is 37.6 Å². The van der Waals surface area contributed by atoms with Crippen LogP contribution in [-0.4, -0.2) is 13.2 Å². The van der Waals surface area contributed by atoms with Crippen molar-refractivity contribution in [3.63, 3.8) is 0 Å². The van der Waals surface area contributed by atoms with Gasteiger partial charge < -0.3 is 10.5 Å². The Morgan fingerprint density at radius 1 is 1.31 bits per heavy atom.